The summed E-state index contributed by atoms with van der Waals surface area (Å²) in [6.07, 6.45) is 2.25. The Kier molecular flexibility index (Phi) is 3.21. The van der Waals surface area contributed by atoms with Gasteiger partial charge in [-0.05, 0) is 37.6 Å². The van der Waals surface area contributed by atoms with E-state index in [0.29, 0.717) is 5.92 Å². The normalized spacial score (nSPS) is 21.3. The van der Waals surface area contributed by atoms with Crippen molar-refractivity contribution >= 4 is 0 Å². The topological polar surface area (TPSA) is 21.3 Å². The molecular formula is C12H16FNO. The van der Waals surface area contributed by atoms with Crippen molar-refractivity contribution in [3.63, 3.8) is 0 Å². The third-order valence-electron chi connectivity index (χ3n) is 2.93. The van der Waals surface area contributed by atoms with Gasteiger partial charge in [-0.2, -0.15) is 0 Å². The summed E-state index contributed by atoms with van der Waals surface area (Å²) in [5.41, 5.74) is 0.990. The van der Waals surface area contributed by atoms with Crippen LogP contribution in [-0.4, -0.2) is 20.2 Å². The highest BCUT2D eigenvalue weighted by Crippen LogP contribution is 2.31. The molecule has 0 aromatic heterocycles. The average Bonchev–Trinajstić information content (AvgIpc) is 2.30. The third kappa shape index (κ3) is 2.29. The fraction of sp³-hybridized carbons (Fsp3) is 0.500. The zero-order valence-electron chi connectivity index (χ0n) is 8.92. The predicted molar refractivity (Wildman–Crippen MR) is 57.8 cm³/mol. The number of nitrogens with one attached hydrogen (secondary N) is 1. The zero-order chi connectivity index (χ0) is 10.7. The maximum atomic E-state index is 13.2. The molecule has 2 nitrogen and oxygen atoms in total. The molecule has 1 fully saturated rings. The minimum Gasteiger partial charge on any atom is -0.496 e. The monoisotopic (exact) mass is 209 g/mol. The van der Waals surface area contributed by atoms with Crippen molar-refractivity contribution in [3.05, 3.63) is 29.6 Å². The minimum absolute atomic E-state index is 0.184. The Morgan fingerprint density at radius 2 is 2.33 bits per heavy atom. The van der Waals surface area contributed by atoms with Crippen molar-refractivity contribution in [2.45, 2.75) is 18.8 Å². The Morgan fingerprint density at radius 3 is 3.00 bits per heavy atom. The van der Waals surface area contributed by atoms with E-state index in [1.54, 1.807) is 19.2 Å². The SMILES string of the molecule is COc1ccc(F)cc1C1CCCNC1. The van der Waals surface area contributed by atoms with Crippen LogP contribution in [0.4, 0.5) is 4.39 Å². The van der Waals surface area contributed by atoms with Crippen molar-refractivity contribution in [3.8, 4) is 5.75 Å². The second kappa shape index (κ2) is 4.62. The standard InChI is InChI=1S/C12H16FNO/c1-15-12-5-4-10(13)7-11(12)9-3-2-6-14-8-9/h4-5,7,9,14H,2-3,6,8H2,1H3. The van der Waals surface area contributed by atoms with Gasteiger partial charge in [0.05, 0.1) is 7.11 Å². The van der Waals surface area contributed by atoms with Crippen LogP contribution < -0.4 is 10.1 Å². The predicted octanol–water partition coefficient (Wildman–Crippen LogP) is 2.30. The summed E-state index contributed by atoms with van der Waals surface area (Å²) in [7, 11) is 1.63. The lowest BCUT2D eigenvalue weighted by molar-refractivity contribution is 0.390. The molecule has 0 amide bonds. The van der Waals surface area contributed by atoms with Crippen LogP contribution in [0.3, 0.4) is 0 Å². The van der Waals surface area contributed by atoms with Crippen LogP contribution in [0.25, 0.3) is 0 Å². The Bertz CT molecular complexity index is 334. The number of ether oxygens (including phenoxy) is 1. The summed E-state index contributed by atoms with van der Waals surface area (Å²) in [5, 5.41) is 3.33. The van der Waals surface area contributed by atoms with E-state index in [9.17, 15) is 4.39 Å². The van der Waals surface area contributed by atoms with Crippen molar-refractivity contribution < 1.29 is 9.13 Å². The highest BCUT2D eigenvalue weighted by molar-refractivity contribution is 5.37. The van der Waals surface area contributed by atoms with Gasteiger partial charge in [-0.25, -0.2) is 4.39 Å². The molecule has 1 atom stereocenters. The lowest BCUT2D eigenvalue weighted by atomic mass is 9.91. The molecular weight excluding hydrogens is 193 g/mol. The zero-order valence-corrected chi connectivity index (χ0v) is 8.92. The molecule has 3 heteroatoms. The Morgan fingerprint density at radius 1 is 1.47 bits per heavy atom. The van der Waals surface area contributed by atoms with Crippen LogP contribution in [0.15, 0.2) is 18.2 Å². The lowest BCUT2D eigenvalue weighted by Gasteiger charge is -2.24. The molecule has 1 aromatic rings. The number of piperidine rings is 1. The summed E-state index contributed by atoms with van der Waals surface area (Å²) in [6, 6.07) is 4.74. The van der Waals surface area contributed by atoms with Crippen LogP contribution in [0.2, 0.25) is 0 Å². The minimum atomic E-state index is -0.184. The number of hydrogen-bond donors (Lipinski definition) is 1. The van der Waals surface area contributed by atoms with Gasteiger partial charge in [-0.15, -0.1) is 0 Å². The fourth-order valence-corrected chi connectivity index (χ4v) is 2.14. The van der Waals surface area contributed by atoms with Gasteiger partial charge >= 0.3 is 0 Å². The van der Waals surface area contributed by atoms with E-state index in [-0.39, 0.29) is 5.82 Å². The number of rotatable bonds is 2. The van der Waals surface area contributed by atoms with Crippen LogP contribution >= 0.6 is 0 Å². The molecule has 0 spiro atoms. The van der Waals surface area contributed by atoms with Gasteiger partial charge in [0.2, 0.25) is 0 Å². The van der Waals surface area contributed by atoms with Crippen molar-refractivity contribution in [1.29, 1.82) is 0 Å². The number of methoxy groups -OCH3 is 1. The second-order valence-corrected chi connectivity index (χ2v) is 3.93. The third-order valence-corrected chi connectivity index (χ3v) is 2.93. The largest absolute Gasteiger partial charge is 0.496 e. The first kappa shape index (κ1) is 10.4. The Balaban J connectivity index is 2.27. The lowest BCUT2D eigenvalue weighted by Crippen LogP contribution is -2.28. The fourth-order valence-electron chi connectivity index (χ4n) is 2.14. The summed E-state index contributed by atoms with van der Waals surface area (Å²) in [4.78, 5) is 0. The van der Waals surface area contributed by atoms with E-state index >= 15 is 0 Å². The van der Waals surface area contributed by atoms with Gasteiger partial charge in [-0.1, -0.05) is 0 Å². The maximum absolute atomic E-state index is 13.2. The molecule has 15 heavy (non-hydrogen) atoms. The van der Waals surface area contributed by atoms with Crippen LogP contribution in [-0.2, 0) is 0 Å². The number of benzene rings is 1. The van der Waals surface area contributed by atoms with Crippen LogP contribution in [0.5, 0.6) is 5.75 Å². The molecule has 0 radical (unpaired) electrons. The van der Waals surface area contributed by atoms with Gasteiger partial charge in [0, 0.05) is 18.0 Å². The molecule has 1 aromatic carbocycles. The van der Waals surface area contributed by atoms with E-state index in [1.807, 2.05) is 0 Å². The smallest absolute Gasteiger partial charge is 0.123 e. The molecule has 1 unspecified atom stereocenters. The van der Waals surface area contributed by atoms with Gasteiger partial charge in [0.15, 0.2) is 0 Å². The highest BCUT2D eigenvalue weighted by Gasteiger charge is 2.19. The average molecular weight is 209 g/mol. The summed E-state index contributed by atoms with van der Waals surface area (Å²) < 4.78 is 18.4. The maximum Gasteiger partial charge on any atom is 0.123 e. The van der Waals surface area contributed by atoms with Gasteiger partial charge < -0.3 is 10.1 Å². The van der Waals surface area contributed by atoms with E-state index < -0.39 is 0 Å². The quantitative estimate of drug-likeness (QED) is 0.807. The van der Waals surface area contributed by atoms with Crippen LogP contribution in [0.1, 0.15) is 24.3 Å². The first-order valence-corrected chi connectivity index (χ1v) is 5.35. The van der Waals surface area contributed by atoms with E-state index in [4.69, 9.17) is 4.74 Å². The van der Waals surface area contributed by atoms with Gasteiger partial charge in [-0.3, -0.25) is 0 Å². The molecule has 1 N–H and O–H groups in total. The molecule has 0 aliphatic carbocycles. The second-order valence-electron chi connectivity index (χ2n) is 3.93. The molecule has 0 saturated carbocycles. The van der Waals surface area contributed by atoms with Crippen LogP contribution in [0, 0.1) is 5.82 Å². The van der Waals surface area contributed by atoms with E-state index in [2.05, 4.69) is 5.32 Å². The van der Waals surface area contributed by atoms with Crippen molar-refractivity contribution in [2.75, 3.05) is 20.2 Å². The van der Waals surface area contributed by atoms with E-state index in [0.717, 1.165) is 37.2 Å². The Hall–Kier alpha value is -1.09. The number of hydrogen-bond acceptors (Lipinski definition) is 2. The first-order valence-electron chi connectivity index (χ1n) is 5.35. The van der Waals surface area contributed by atoms with Crippen molar-refractivity contribution in [1.82, 2.24) is 5.32 Å². The molecule has 82 valence electrons. The van der Waals surface area contributed by atoms with Crippen molar-refractivity contribution in [2.24, 2.45) is 0 Å². The highest BCUT2D eigenvalue weighted by atomic mass is 19.1. The molecule has 1 aliphatic rings. The Labute approximate surface area is 89.4 Å². The molecule has 1 saturated heterocycles. The van der Waals surface area contributed by atoms with Gasteiger partial charge in [0.1, 0.15) is 11.6 Å². The van der Waals surface area contributed by atoms with Gasteiger partial charge in [0.25, 0.3) is 0 Å². The molecule has 2 rings (SSSR count). The molecule has 1 aliphatic heterocycles. The molecule has 1 heterocycles. The summed E-state index contributed by atoms with van der Waals surface area (Å²) >= 11 is 0. The summed E-state index contributed by atoms with van der Waals surface area (Å²) in [6.45, 7) is 1.98. The first-order chi connectivity index (χ1) is 7.31. The summed E-state index contributed by atoms with van der Waals surface area (Å²) in [5.74, 6) is 0.992. The molecule has 0 bridgehead atoms. The van der Waals surface area contributed by atoms with E-state index in [1.165, 1.54) is 6.07 Å². The number of halogens is 1.